The molecule has 0 aromatic carbocycles. The van der Waals surface area contributed by atoms with Crippen molar-refractivity contribution in [2.45, 2.75) is 39.3 Å². The summed E-state index contributed by atoms with van der Waals surface area (Å²) < 4.78 is 0. The van der Waals surface area contributed by atoms with E-state index in [-0.39, 0.29) is 17.5 Å². The average Bonchev–Trinajstić information content (AvgIpc) is 2.37. The number of aromatic nitrogens is 1. The Labute approximate surface area is 115 Å². The molecule has 0 bridgehead atoms. The van der Waals surface area contributed by atoms with Crippen molar-refractivity contribution in [3.63, 3.8) is 0 Å². The number of rotatable bonds is 2. The fraction of sp³-hybridized carbons (Fsp3) is 0.600. The van der Waals surface area contributed by atoms with Gasteiger partial charge in [-0.25, -0.2) is 0 Å². The summed E-state index contributed by atoms with van der Waals surface area (Å²) in [5.41, 5.74) is 0.487. The van der Waals surface area contributed by atoms with Crippen LogP contribution in [-0.2, 0) is 0 Å². The van der Waals surface area contributed by atoms with Crippen molar-refractivity contribution in [2.24, 2.45) is 5.92 Å². The summed E-state index contributed by atoms with van der Waals surface area (Å²) in [6.07, 6.45) is 1.67. The summed E-state index contributed by atoms with van der Waals surface area (Å²) >= 11 is 0. The lowest BCUT2D eigenvalue weighted by Gasteiger charge is -2.46. The Morgan fingerprint density at radius 2 is 2.21 bits per heavy atom. The van der Waals surface area contributed by atoms with Gasteiger partial charge in [0.15, 0.2) is 0 Å². The lowest BCUT2D eigenvalue weighted by molar-refractivity contribution is 0.0412. The highest BCUT2D eigenvalue weighted by molar-refractivity contribution is 5.92. The Morgan fingerprint density at radius 1 is 1.47 bits per heavy atom. The molecule has 1 fully saturated rings. The van der Waals surface area contributed by atoms with Crippen molar-refractivity contribution in [2.75, 3.05) is 13.1 Å². The minimum Gasteiger partial charge on any atom is -0.331 e. The van der Waals surface area contributed by atoms with E-state index in [4.69, 9.17) is 0 Å². The van der Waals surface area contributed by atoms with E-state index in [0.29, 0.717) is 18.2 Å². The molecular weight excluding hydrogens is 238 g/mol. The summed E-state index contributed by atoms with van der Waals surface area (Å²) in [6.45, 7) is 10.1. The van der Waals surface area contributed by atoms with Gasteiger partial charge in [-0.1, -0.05) is 19.9 Å². The number of hydrogen-bond acceptors (Lipinski definition) is 3. The smallest absolute Gasteiger partial charge is 0.272 e. The quantitative estimate of drug-likeness (QED) is 0.885. The number of pyridine rings is 1. The Hall–Kier alpha value is -1.42. The standard InChI is InChI=1S/C15H23N3O/c1-11(2)13-9-17-15(3,4)10-18(13)14(19)12-7-5-6-8-16-12/h5-8,11,13,17H,9-10H2,1-4H3. The number of carbonyl (C=O) groups is 1. The van der Waals surface area contributed by atoms with E-state index in [1.807, 2.05) is 17.0 Å². The third-order valence-electron chi connectivity index (χ3n) is 3.67. The van der Waals surface area contributed by atoms with Gasteiger partial charge in [-0.15, -0.1) is 0 Å². The van der Waals surface area contributed by atoms with Gasteiger partial charge >= 0.3 is 0 Å². The van der Waals surface area contributed by atoms with Crippen LogP contribution in [0.2, 0.25) is 0 Å². The number of carbonyl (C=O) groups excluding carboxylic acids is 1. The molecule has 104 valence electrons. The fourth-order valence-corrected chi connectivity index (χ4v) is 2.54. The maximum Gasteiger partial charge on any atom is 0.272 e. The molecule has 1 aromatic rings. The molecule has 2 rings (SSSR count). The van der Waals surface area contributed by atoms with Gasteiger partial charge in [0.05, 0.1) is 0 Å². The predicted octanol–water partition coefficient (Wildman–Crippen LogP) is 1.93. The summed E-state index contributed by atoms with van der Waals surface area (Å²) in [4.78, 5) is 18.8. The van der Waals surface area contributed by atoms with Crippen LogP contribution in [-0.4, -0.2) is 40.5 Å². The highest BCUT2D eigenvalue weighted by Gasteiger charge is 2.37. The zero-order valence-electron chi connectivity index (χ0n) is 12.2. The second-order valence-electron chi connectivity index (χ2n) is 6.22. The van der Waals surface area contributed by atoms with Crippen molar-refractivity contribution in [3.8, 4) is 0 Å². The van der Waals surface area contributed by atoms with Crippen LogP contribution >= 0.6 is 0 Å². The van der Waals surface area contributed by atoms with Crippen LogP contribution < -0.4 is 5.32 Å². The highest BCUT2D eigenvalue weighted by Crippen LogP contribution is 2.21. The molecule has 1 saturated heterocycles. The van der Waals surface area contributed by atoms with Crippen molar-refractivity contribution in [1.82, 2.24) is 15.2 Å². The van der Waals surface area contributed by atoms with Crippen LogP contribution in [0.15, 0.2) is 24.4 Å². The van der Waals surface area contributed by atoms with E-state index in [2.05, 4.69) is 38.0 Å². The monoisotopic (exact) mass is 261 g/mol. The summed E-state index contributed by atoms with van der Waals surface area (Å²) in [5.74, 6) is 0.463. The number of hydrogen-bond donors (Lipinski definition) is 1. The molecule has 4 nitrogen and oxygen atoms in total. The van der Waals surface area contributed by atoms with Crippen LogP contribution in [0, 0.1) is 5.92 Å². The predicted molar refractivity (Wildman–Crippen MR) is 76.0 cm³/mol. The largest absolute Gasteiger partial charge is 0.331 e. The minimum absolute atomic E-state index is 0.0360. The second-order valence-corrected chi connectivity index (χ2v) is 6.22. The van der Waals surface area contributed by atoms with Crippen LogP contribution in [0.3, 0.4) is 0 Å². The molecule has 0 aliphatic carbocycles. The average molecular weight is 261 g/mol. The molecule has 1 unspecified atom stereocenters. The van der Waals surface area contributed by atoms with Gasteiger partial charge in [-0.3, -0.25) is 9.78 Å². The summed E-state index contributed by atoms with van der Waals surface area (Å²) in [7, 11) is 0. The van der Waals surface area contributed by atoms with Gasteiger partial charge in [-0.2, -0.15) is 0 Å². The van der Waals surface area contributed by atoms with E-state index in [1.165, 1.54) is 0 Å². The van der Waals surface area contributed by atoms with Crippen LogP contribution in [0.5, 0.6) is 0 Å². The number of nitrogens with one attached hydrogen (secondary N) is 1. The van der Waals surface area contributed by atoms with Gasteiger partial charge in [0.25, 0.3) is 5.91 Å². The van der Waals surface area contributed by atoms with Gasteiger partial charge < -0.3 is 10.2 Å². The molecular formula is C15H23N3O. The van der Waals surface area contributed by atoms with Gasteiger partial charge in [0.2, 0.25) is 0 Å². The molecule has 1 aliphatic rings. The Kier molecular flexibility index (Phi) is 3.90. The normalized spacial score (nSPS) is 22.6. The fourth-order valence-electron chi connectivity index (χ4n) is 2.54. The molecule has 1 atom stereocenters. The SMILES string of the molecule is CC(C)C1CNC(C)(C)CN1C(=O)c1ccccn1. The van der Waals surface area contributed by atoms with E-state index in [1.54, 1.807) is 12.3 Å². The number of amides is 1. The first kappa shape index (κ1) is 14.0. The van der Waals surface area contributed by atoms with E-state index in [9.17, 15) is 4.79 Å². The van der Waals surface area contributed by atoms with Crippen LogP contribution in [0.1, 0.15) is 38.2 Å². The molecule has 19 heavy (non-hydrogen) atoms. The third kappa shape index (κ3) is 3.13. The van der Waals surface area contributed by atoms with Crippen LogP contribution in [0.4, 0.5) is 0 Å². The molecule has 0 radical (unpaired) electrons. The summed E-state index contributed by atoms with van der Waals surface area (Å²) in [5, 5.41) is 3.51. The molecule has 1 aliphatic heterocycles. The minimum atomic E-state index is -0.0458. The molecule has 4 heteroatoms. The van der Waals surface area contributed by atoms with Crippen molar-refractivity contribution >= 4 is 5.91 Å². The first-order chi connectivity index (χ1) is 8.91. The van der Waals surface area contributed by atoms with E-state index < -0.39 is 0 Å². The van der Waals surface area contributed by atoms with Gasteiger partial charge in [0.1, 0.15) is 5.69 Å². The van der Waals surface area contributed by atoms with Gasteiger partial charge in [-0.05, 0) is 31.9 Å². The first-order valence-electron chi connectivity index (χ1n) is 6.88. The van der Waals surface area contributed by atoms with Gasteiger partial charge in [0, 0.05) is 30.9 Å². The maximum absolute atomic E-state index is 12.6. The number of nitrogens with zero attached hydrogens (tertiary/aromatic N) is 2. The highest BCUT2D eigenvalue weighted by atomic mass is 16.2. The topological polar surface area (TPSA) is 45.2 Å². The van der Waals surface area contributed by atoms with Crippen LogP contribution in [0.25, 0.3) is 0 Å². The lowest BCUT2D eigenvalue weighted by atomic mass is 9.93. The maximum atomic E-state index is 12.6. The Balaban J connectivity index is 2.25. The molecule has 1 N–H and O–H groups in total. The Morgan fingerprint density at radius 3 is 2.79 bits per heavy atom. The molecule has 0 spiro atoms. The van der Waals surface area contributed by atoms with Crippen molar-refractivity contribution < 1.29 is 4.79 Å². The van der Waals surface area contributed by atoms with E-state index >= 15 is 0 Å². The molecule has 0 saturated carbocycles. The third-order valence-corrected chi connectivity index (χ3v) is 3.67. The van der Waals surface area contributed by atoms with Crippen molar-refractivity contribution in [1.29, 1.82) is 0 Å². The second kappa shape index (κ2) is 5.29. The summed E-state index contributed by atoms with van der Waals surface area (Å²) in [6, 6.07) is 5.70. The molecule has 2 heterocycles. The molecule has 1 amide bonds. The molecule has 1 aromatic heterocycles. The number of piperazine rings is 1. The zero-order valence-corrected chi connectivity index (χ0v) is 12.2. The zero-order chi connectivity index (χ0) is 14.0. The van der Waals surface area contributed by atoms with E-state index in [0.717, 1.165) is 6.54 Å². The first-order valence-corrected chi connectivity index (χ1v) is 6.88. The Bertz CT molecular complexity index is 442. The van der Waals surface area contributed by atoms with Crippen molar-refractivity contribution in [3.05, 3.63) is 30.1 Å². The lowest BCUT2D eigenvalue weighted by Crippen LogP contribution is -2.64.